The lowest BCUT2D eigenvalue weighted by molar-refractivity contribution is 0.628. The zero-order valence-electron chi connectivity index (χ0n) is 11.2. The van der Waals surface area contributed by atoms with Crippen LogP contribution in [0, 0.1) is 28.5 Å². The third-order valence-electron chi connectivity index (χ3n) is 2.83. The molecule has 2 aromatic rings. The van der Waals surface area contributed by atoms with Gasteiger partial charge in [-0.3, -0.25) is 0 Å². The summed E-state index contributed by atoms with van der Waals surface area (Å²) < 4.78 is 13.0. The fraction of sp³-hybridized carbons (Fsp3) is 0.133. The average Bonchev–Trinajstić information content (AvgIpc) is 2.48. The van der Waals surface area contributed by atoms with Crippen molar-refractivity contribution in [3.05, 3.63) is 41.2 Å². The van der Waals surface area contributed by atoms with Crippen LogP contribution in [0.1, 0.15) is 18.1 Å². The third kappa shape index (κ3) is 2.81. The van der Waals surface area contributed by atoms with Gasteiger partial charge < -0.3 is 5.73 Å². The molecular weight excluding hydrogens is 287 g/mol. The lowest BCUT2D eigenvalue weighted by Gasteiger charge is -2.11. The smallest absolute Gasteiger partial charge is 0.123 e. The number of pyridine rings is 1. The fourth-order valence-electron chi connectivity index (χ4n) is 1.86. The molecule has 0 unspecified atom stereocenters. The molecule has 1 aromatic carbocycles. The molecule has 104 valence electrons. The second kappa shape index (κ2) is 6.25. The van der Waals surface area contributed by atoms with Crippen molar-refractivity contribution in [3.63, 3.8) is 0 Å². The van der Waals surface area contributed by atoms with Crippen molar-refractivity contribution in [1.82, 2.24) is 4.98 Å². The van der Waals surface area contributed by atoms with Gasteiger partial charge in [0, 0.05) is 5.56 Å². The number of hydrogen-bond donors (Lipinski definition) is 1. The Balaban J connectivity index is 2.74. The van der Waals surface area contributed by atoms with Gasteiger partial charge in [0.05, 0.1) is 11.4 Å². The molecule has 1 aromatic heterocycles. The maximum Gasteiger partial charge on any atom is 0.123 e. The van der Waals surface area contributed by atoms with Crippen molar-refractivity contribution in [2.45, 2.75) is 11.9 Å². The Hall–Kier alpha value is -2.57. The Kier molecular flexibility index (Phi) is 4.42. The number of nitriles is 2. The van der Waals surface area contributed by atoms with E-state index in [2.05, 4.69) is 4.98 Å². The first-order valence-electron chi connectivity index (χ1n) is 6.14. The van der Waals surface area contributed by atoms with Crippen LogP contribution < -0.4 is 5.73 Å². The molecule has 0 atom stereocenters. The number of thioether (sulfide) groups is 1. The van der Waals surface area contributed by atoms with Gasteiger partial charge in [0.25, 0.3) is 0 Å². The van der Waals surface area contributed by atoms with Crippen molar-refractivity contribution in [3.8, 4) is 23.4 Å². The van der Waals surface area contributed by atoms with E-state index in [1.54, 1.807) is 0 Å². The number of halogens is 1. The molecule has 4 nitrogen and oxygen atoms in total. The lowest BCUT2D eigenvalue weighted by Crippen LogP contribution is -2.03. The monoisotopic (exact) mass is 298 g/mol. The van der Waals surface area contributed by atoms with E-state index >= 15 is 0 Å². The molecule has 0 aliphatic heterocycles. The molecular formula is C15H11FN4S. The van der Waals surface area contributed by atoms with Crippen molar-refractivity contribution in [2.24, 2.45) is 0 Å². The molecule has 0 saturated heterocycles. The van der Waals surface area contributed by atoms with E-state index in [0.29, 0.717) is 16.3 Å². The van der Waals surface area contributed by atoms with Crippen LogP contribution in [-0.2, 0) is 0 Å². The Labute approximate surface area is 126 Å². The minimum Gasteiger partial charge on any atom is -0.396 e. The molecule has 6 heteroatoms. The van der Waals surface area contributed by atoms with Gasteiger partial charge in [0.2, 0.25) is 0 Å². The molecule has 0 aliphatic carbocycles. The highest BCUT2D eigenvalue weighted by molar-refractivity contribution is 7.99. The maximum atomic E-state index is 13.0. The normalized spacial score (nSPS) is 9.90. The summed E-state index contributed by atoms with van der Waals surface area (Å²) in [5, 5.41) is 19.0. The van der Waals surface area contributed by atoms with Gasteiger partial charge in [0.15, 0.2) is 0 Å². The first-order valence-corrected chi connectivity index (χ1v) is 7.13. The van der Waals surface area contributed by atoms with Crippen LogP contribution in [0.15, 0.2) is 29.3 Å². The van der Waals surface area contributed by atoms with Crippen molar-refractivity contribution in [2.75, 3.05) is 11.5 Å². The zero-order chi connectivity index (χ0) is 15.4. The van der Waals surface area contributed by atoms with Crippen molar-refractivity contribution < 1.29 is 4.39 Å². The van der Waals surface area contributed by atoms with E-state index in [0.717, 1.165) is 5.75 Å². The summed E-state index contributed by atoms with van der Waals surface area (Å²) in [5.74, 6) is 0.345. The standard InChI is InChI=1S/C15H11FN4S/c1-2-21-15-12(8-18)13(19)11(7-17)14(20-15)9-3-5-10(16)6-4-9/h3-6H,2H2,1H3,(H2,19,20). The Bertz CT molecular complexity index is 757. The molecule has 0 aliphatic rings. The molecule has 0 amide bonds. The predicted molar refractivity (Wildman–Crippen MR) is 79.9 cm³/mol. The Morgan fingerprint density at radius 2 is 1.81 bits per heavy atom. The minimum absolute atomic E-state index is 0.116. The van der Waals surface area contributed by atoms with E-state index in [-0.39, 0.29) is 22.6 Å². The summed E-state index contributed by atoms with van der Waals surface area (Å²) in [6.07, 6.45) is 0. The van der Waals surface area contributed by atoms with Crippen LogP contribution in [0.25, 0.3) is 11.3 Å². The summed E-state index contributed by atoms with van der Waals surface area (Å²) in [5.41, 5.74) is 7.35. The number of anilines is 1. The number of nitrogen functional groups attached to an aromatic ring is 1. The first kappa shape index (κ1) is 14.8. The van der Waals surface area contributed by atoms with Gasteiger partial charge in [-0.2, -0.15) is 10.5 Å². The lowest BCUT2D eigenvalue weighted by atomic mass is 10.0. The summed E-state index contributed by atoms with van der Waals surface area (Å²) in [6, 6.07) is 9.62. The third-order valence-corrected chi connectivity index (χ3v) is 3.68. The minimum atomic E-state index is -0.373. The van der Waals surface area contributed by atoms with E-state index < -0.39 is 0 Å². The van der Waals surface area contributed by atoms with Gasteiger partial charge >= 0.3 is 0 Å². The van der Waals surface area contributed by atoms with Crippen molar-refractivity contribution in [1.29, 1.82) is 10.5 Å². The summed E-state index contributed by atoms with van der Waals surface area (Å²) >= 11 is 1.37. The summed E-state index contributed by atoms with van der Waals surface area (Å²) in [4.78, 5) is 4.38. The Morgan fingerprint density at radius 1 is 1.19 bits per heavy atom. The maximum absolute atomic E-state index is 13.0. The van der Waals surface area contributed by atoms with Gasteiger partial charge in [-0.25, -0.2) is 9.37 Å². The molecule has 0 saturated carbocycles. The SMILES string of the molecule is CCSc1nc(-c2ccc(F)cc2)c(C#N)c(N)c1C#N. The van der Waals surface area contributed by atoms with Crippen molar-refractivity contribution >= 4 is 17.4 Å². The molecule has 0 spiro atoms. The van der Waals surface area contributed by atoms with Gasteiger partial charge in [-0.05, 0) is 30.0 Å². The number of nitrogens with zero attached hydrogens (tertiary/aromatic N) is 3. The zero-order valence-corrected chi connectivity index (χ0v) is 12.0. The number of nitrogens with two attached hydrogens (primary N) is 1. The summed E-state index contributed by atoms with van der Waals surface area (Å²) in [7, 11) is 0. The van der Waals surface area contributed by atoms with Crippen LogP contribution in [-0.4, -0.2) is 10.7 Å². The first-order chi connectivity index (χ1) is 10.1. The highest BCUT2D eigenvalue weighted by Gasteiger charge is 2.18. The van der Waals surface area contributed by atoms with Gasteiger partial charge in [-0.1, -0.05) is 6.92 Å². The second-order valence-electron chi connectivity index (χ2n) is 4.09. The molecule has 0 bridgehead atoms. The fourth-order valence-corrected chi connectivity index (χ4v) is 2.59. The van der Waals surface area contributed by atoms with E-state index in [1.165, 1.54) is 36.0 Å². The Morgan fingerprint density at radius 3 is 2.33 bits per heavy atom. The second-order valence-corrected chi connectivity index (χ2v) is 5.35. The molecule has 2 N–H and O–H groups in total. The van der Waals surface area contributed by atoms with Crippen LogP contribution in [0.2, 0.25) is 0 Å². The highest BCUT2D eigenvalue weighted by atomic mass is 32.2. The van der Waals surface area contributed by atoms with E-state index in [9.17, 15) is 14.9 Å². The van der Waals surface area contributed by atoms with E-state index in [4.69, 9.17) is 5.73 Å². The molecule has 21 heavy (non-hydrogen) atoms. The quantitative estimate of drug-likeness (QED) is 0.878. The summed E-state index contributed by atoms with van der Waals surface area (Å²) in [6.45, 7) is 1.93. The number of aromatic nitrogens is 1. The van der Waals surface area contributed by atoms with Crippen LogP contribution >= 0.6 is 11.8 Å². The van der Waals surface area contributed by atoms with E-state index in [1.807, 2.05) is 19.1 Å². The number of benzene rings is 1. The largest absolute Gasteiger partial charge is 0.396 e. The average molecular weight is 298 g/mol. The highest BCUT2D eigenvalue weighted by Crippen LogP contribution is 2.33. The molecule has 0 fully saturated rings. The molecule has 0 radical (unpaired) electrons. The van der Waals surface area contributed by atoms with Gasteiger partial charge in [-0.15, -0.1) is 11.8 Å². The predicted octanol–water partition coefficient (Wildman–Crippen LogP) is 3.33. The van der Waals surface area contributed by atoms with Crippen LogP contribution in [0.3, 0.4) is 0 Å². The molecule has 1 heterocycles. The van der Waals surface area contributed by atoms with Crippen LogP contribution in [0.5, 0.6) is 0 Å². The number of hydrogen-bond acceptors (Lipinski definition) is 5. The van der Waals surface area contributed by atoms with Gasteiger partial charge in [0.1, 0.15) is 34.1 Å². The topological polar surface area (TPSA) is 86.5 Å². The van der Waals surface area contributed by atoms with Crippen LogP contribution in [0.4, 0.5) is 10.1 Å². The number of rotatable bonds is 3. The molecule has 2 rings (SSSR count).